The Morgan fingerprint density at radius 2 is 1.70 bits per heavy atom. The number of nitrogens with zero attached hydrogens (tertiary/aromatic N) is 1. The number of carbonyl (C=O) groups excluding carboxylic acids is 2. The number of amides is 1. The van der Waals surface area contributed by atoms with Gasteiger partial charge >= 0.3 is 5.97 Å². The third kappa shape index (κ3) is 4.20. The van der Waals surface area contributed by atoms with Crippen LogP contribution in [0.1, 0.15) is 25.0 Å². The van der Waals surface area contributed by atoms with Crippen molar-refractivity contribution in [3.8, 4) is 17.2 Å². The molecular weight excluding hydrogens is 386 g/mol. The zero-order valence-corrected chi connectivity index (χ0v) is 17.9. The first-order chi connectivity index (χ1) is 14.4. The lowest BCUT2D eigenvalue weighted by molar-refractivity contribution is -0.153. The zero-order chi connectivity index (χ0) is 21.8. The van der Waals surface area contributed by atoms with Crippen LogP contribution in [-0.4, -0.2) is 45.4 Å². The number of hydrogen-bond acceptors (Lipinski definition) is 6. The SMILES string of the molecule is COc1cc(CC(=O)O[C@@H](C)C(=O)N2c3ccccc3C[C@@H]2C)cc(OC)c1OC. The summed E-state index contributed by atoms with van der Waals surface area (Å²) in [5.74, 6) is 0.607. The first-order valence-corrected chi connectivity index (χ1v) is 9.78. The highest BCUT2D eigenvalue weighted by Crippen LogP contribution is 2.38. The van der Waals surface area contributed by atoms with E-state index in [1.54, 1.807) is 24.0 Å². The predicted molar refractivity (Wildman–Crippen MR) is 112 cm³/mol. The molecule has 0 saturated heterocycles. The largest absolute Gasteiger partial charge is 0.493 e. The number of methoxy groups -OCH3 is 3. The highest BCUT2D eigenvalue weighted by molar-refractivity contribution is 5.99. The Labute approximate surface area is 176 Å². The second-order valence-electron chi connectivity index (χ2n) is 7.23. The van der Waals surface area contributed by atoms with Gasteiger partial charge in [-0.2, -0.15) is 0 Å². The summed E-state index contributed by atoms with van der Waals surface area (Å²) in [6, 6.07) is 11.2. The number of anilines is 1. The molecule has 1 amide bonds. The van der Waals surface area contributed by atoms with Crippen molar-refractivity contribution in [3.63, 3.8) is 0 Å². The number of carbonyl (C=O) groups is 2. The number of rotatable bonds is 7. The second-order valence-corrected chi connectivity index (χ2v) is 7.23. The molecule has 3 rings (SSSR count). The molecule has 7 heteroatoms. The van der Waals surface area contributed by atoms with Crippen LogP contribution in [-0.2, 0) is 27.2 Å². The van der Waals surface area contributed by atoms with E-state index in [1.165, 1.54) is 21.3 Å². The maximum absolute atomic E-state index is 13.0. The van der Waals surface area contributed by atoms with Gasteiger partial charge in [-0.1, -0.05) is 18.2 Å². The number of esters is 1. The zero-order valence-electron chi connectivity index (χ0n) is 17.9. The van der Waals surface area contributed by atoms with E-state index in [4.69, 9.17) is 18.9 Å². The standard InChI is InChI=1S/C23H27NO6/c1-14-10-17-8-6-7-9-18(17)24(14)23(26)15(2)30-21(25)13-16-11-19(27-3)22(29-5)20(12-16)28-4/h6-9,11-12,14-15H,10,13H2,1-5H3/t14-,15-/m0/s1. The van der Waals surface area contributed by atoms with Gasteiger partial charge in [0.25, 0.3) is 5.91 Å². The second kappa shape index (κ2) is 9.07. The highest BCUT2D eigenvalue weighted by atomic mass is 16.5. The van der Waals surface area contributed by atoms with Gasteiger partial charge in [0, 0.05) is 11.7 Å². The van der Waals surface area contributed by atoms with Crippen molar-refractivity contribution in [1.29, 1.82) is 0 Å². The van der Waals surface area contributed by atoms with Gasteiger partial charge in [0.1, 0.15) is 0 Å². The maximum atomic E-state index is 13.0. The third-order valence-electron chi connectivity index (χ3n) is 5.17. The number of benzene rings is 2. The van der Waals surface area contributed by atoms with Gasteiger partial charge in [0.2, 0.25) is 5.75 Å². The van der Waals surface area contributed by atoms with Gasteiger partial charge < -0.3 is 23.8 Å². The van der Waals surface area contributed by atoms with Crippen molar-refractivity contribution in [2.24, 2.45) is 0 Å². The van der Waals surface area contributed by atoms with Crippen LogP contribution < -0.4 is 19.1 Å². The van der Waals surface area contributed by atoms with Crippen LogP contribution >= 0.6 is 0 Å². The molecule has 1 aliphatic rings. The molecule has 0 radical (unpaired) electrons. The molecule has 0 aliphatic carbocycles. The van der Waals surface area contributed by atoms with Crippen LogP contribution in [0.25, 0.3) is 0 Å². The minimum absolute atomic E-state index is 0.0196. The van der Waals surface area contributed by atoms with Crippen LogP contribution in [0.15, 0.2) is 36.4 Å². The molecule has 2 atom stereocenters. The van der Waals surface area contributed by atoms with E-state index >= 15 is 0 Å². The van der Waals surface area contributed by atoms with E-state index in [2.05, 4.69) is 0 Å². The van der Waals surface area contributed by atoms with Gasteiger partial charge in [-0.15, -0.1) is 0 Å². The fraction of sp³-hybridized carbons (Fsp3) is 0.391. The topological polar surface area (TPSA) is 74.3 Å². The van der Waals surface area contributed by atoms with E-state index in [1.807, 2.05) is 31.2 Å². The number of para-hydroxylation sites is 1. The smallest absolute Gasteiger partial charge is 0.311 e. The molecule has 0 aromatic heterocycles. The summed E-state index contributed by atoms with van der Waals surface area (Å²) < 4.78 is 21.4. The molecule has 0 saturated carbocycles. The van der Waals surface area contributed by atoms with Crippen molar-refractivity contribution in [3.05, 3.63) is 47.5 Å². The van der Waals surface area contributed by atoms with Crippen LogP contribution in [0.4, 0.5) is 5.69 Å². The molecule has 0 spiro atoms. The number of fused-ring (bicyclic) bond motifs is 1. The molecule has 1 heterocycles. The summed E-state index contributed by atoms with van der Waals surface area (Å²) in [6.07, 6.45) is -0.137. The summed E-state index contributed by atoms with van der Waals surface area (Å²) >= 11 is 0. The van der Waals surface area contributed by atoms with Crippen molar-refractivity contribution >= 4 is 17.6 Å². The molecule has 30 heavy (non-hydrogen) atoms. The fourth-order valence-corrected chi connectivity index (χ4v) is 3.79. The van der Waals surface area contributed by atoms with Gasteiger partial charge in [0.05, 0.1) is 27.8 Å². The number of ether oxygens (including phenoxy) is 4. The Balaban J connectivity index is 1.70. The Hall–Kier alpha value is -3.22. The summed E-state index contributed by atoms with van der Waals surface area (Å²) in [4.78, 5) is 27.2. The van der Waals surface area contributed by atoms with Gasteiger partial charge in [-0.05, 0) is 49.6 Å². The Morgan fingerprint density at radius 3 is 2.30 bits per heavy atom. The minimum Gasteiger partial charge on any atom is -0.493 e. The number of hydrogen-bond donors (Lipinski definition) is 0. The summed E-state index contributed by atoms with van der Waals surface area (Å²) in [7, 11) is 4.53. The third-order valence-corrected chi connectivity index (χ3v) is 5.17. The molecule has 0 N–H and O–H groups in total. The quantitative estimate of drug-likeness (QED) is 0.649. The van der Waals surface area contributed by atoms with E-state index in [0.717, 1.165) is 17.7 Å². The van der Waals surface area contributed by atoms with Crippen LogP contribution in [0, 0.1) is 0 Å². The Kier molecular flexibility index (Phi) is 6.50. The molecule has 7 nitrogen and oxygen atoms in total. The van der Waals surface area contributed by atoms with Crippen molar-refractivity contribution in [2.45, 2.75) is 38.8 Å². The van der Waals surface area contributed by atoms with Gasteiger partial charge in [0.15, 0.2) is 17.6 Å². The van der Waals surface area contributed by atoms with Gasteiger partial charge in [-0.25, -0.2) is 0 Å². The van der Waals surface area contributed by atoms with Crippen molar-refractivity contribution in [1.82, 2.24) is 0 Å². The molecular formula is C23H27NO6. The molecule has 2 aromatic carbocycles. The summed E-state index contributed by atoms with van der Waals surface area (Å²) in [5.41, 5.74) is 2.63. The fourth-order valence-electron chi connectivity index (χ4n) is 3.79. The lowest BCUT2D eigenvalue weighted by atomic mass is 10.1. The van der Waals surface area contributed by atoms with E-state index in [0.29, 0.717) is 22.8 Å². The minimum atomic E-state index is -0.895. The van der Waals surface area contributed by atoms with Gasteiger partial charge in [-0.3, -0.25) is 9.59 Å². The Bertz CT molecular complexity index is 916. The van der Waals surface area contributed by atoms with Crippen LogP contribution in [0.3, 0.4) is 0 Å². The first kappa shape index (κ1) is 21.5. The predicted octanol–water partition coefficient (Wildman–Crippen LogP) is 3.16. The Morgan fingerprint density at radius 1 is 1.07 bits per heavy atom. The molecule has 1 aliphatic heterocycles. The average Bonchev–Trinajstić information content (AvgIpc) is 3.07. The van der Waals surface area contributed by atoms with Crippen molar-refractivity contribution in [2.75, 3.05) is 26.2 Å². The maximum Gasteiger partial charge on any atom is 0.311 e. The lowest BCUT2D eigenvalue weighted by Gasteiger charge is -2.26. The van der Waals surface area contributed by atoms with E-state index in [-0.39, 0.29) is 18.4 Å². The molecule has 0 fully saturated rings. The molecule has 2 aromatic rings. The van der Waals surface area contributed by atoms with E-state index < -0.39 is 12.1 Å². The molecule has 160 valence electrons. The normalized spacial score (nSPS) is 15.9. The summed E-state index contributed by atoms with van der Waals surface area (Å²) in [6.45, 7) is 3.59. The monoisotopic (exact) mass is 413 g/mol. The van der Waals surface area contributed by atoms with Crippen LogP contribution in [0.2, 0.25) is 0 Å². The summed E-state index contributed by atoms with van der Waals surface area (Å²) in [5, 5.41) is 0. The molecule has 0 bridgehead atoms. The van der Waals surface area contributed by atoms with Crippen molar-refractivity contribution < 1.29 is 28.5 Å². The van der Waals surface area contributed by atoms with Crippen LogP contribution in [0.5, 0.6) is 17.2 Å². The lowest BCUT2D eigenvalue weighted by Crippen LogP contribution is -2.43. The van der Waals surface area contributed by atoms with E-state index in [9.17, 15) is 9.59 Å². The highest BCUT2D eigenvalue weighted by Gasteiger charge is 2.34. The average molecular weight is 413 g/mol. The first-order valence-electron chi connectivity index (χ1n) is 9.78. The molecule has 0 unspecified atom stereocenters.